The van der Waals surface area contributed by atoms with E-state index in [1.54, 1.807) is 25.0 Å². The highest BCUT2D eigenvalue weighted by Crippen LogP contribution is 2.33. The van der Waals surface area contributed by atoms with Gasteiger partial charge in [-0.3, -0.25) is 9.59 Å². The maximum Gasteiger partial charge on any atom is 0.310 e. The lowest BCUT2D eigenvalue weighted by atomic mass is 9.93. The van der Waals surface area contributed by atoms with Crippen molar-refractivity contribution in [1.29, 1.82) is 0 Å². The van der Waals surface area contributed by atoms with Crippen molar-refractivity contribution in [3.8, 4) is 5.75 Å². The van der Waals surface area contributed by atoms with Crippen LogP contribution >= 0.6 is 0 Å². The van der Waals surface area contributed by atoms with E-state index in [4.69, 9.17) is 9.47 Å². The molecule has 0 fully saturated rings. The molecule has 0 bridgehead atoms. The molecule has 0 saturated carbocycles. The summed E-state index contributed by atoms with van der Waals surface area (Å²) < 4.78 is 10.5. The molecule has 25 heavy (non-hydrogen) atoms. The van der Waals surface area contributed by atoms with E-state index in [2.05, 4.69) is 13.8 Å². The number of rotatable bonds is 7. The van der Waals surface area contributed by atoms with Crippen LogP contribution in [0.1, 0.15) is 47.1 Å². The van der Waals surface area contributed by atoms with Crippen molar-refractivity contribution < 1.29 is 19.1 Å². The van der Waals surface area contributed by atoms with Crippen molar-refractivity contribution in [2.75, 3.05) is 25.2 Å². The maximum absolute atomic E-state index is 13.0. The lowest BCUT2D eigenvalue weighted by Gasteiger charge is -2.32. The number of hydrogen-bond donors (Lipinski definition) is 0. The Labute approximate surface area is 151 Å². The van der Waals surface area contributed by atoms with Crippen LogP contribution in [0.5, 0.6) is 5.75 Å². The molecule has 0 atom stereocenters. The van der Waals surface area contributed by atoms with Crippen molar-refractivity contribution in [3.63, 3.8) is 0 Å². The molecule has 0 aromatic heterocycles. The lowest BCUT2D eigenvalue weighted by molar-refractivity contribution is -0.142. The summed E-state index contributed by atoms with van der Waals surface area (Å²) in [5.41, 5.74) is 0.972. The minimum Gasteiger partial charge on any atom is -0.495 e. The Morgan fingerprint density at radius 1 is 1.20 bits per heavy atom. The van der Waals surface area contributed by atoms with Gasteiger partial charge in [-0.05, 0) is 30.5 Å². The zero-order valence-corrected chi connectivity index (χ0v) is 16.5. The van der Waals surface area contributed by atoms with Gasteiger partial charge in [0.1, 0.15) is 5.75 Å². The summed E-state index contributed by atoms with van der Waals surface area (Å²) in [6.07, 6.45) is 0.171. The van der Waals surface area contributed by atoms with E-state index in [0.717, 1.165) is 5.56 Å². The van der Waals surface area contributed by atoms with E-state index in [1.807, 2.05) is 32.9 Å². The highest BCUT2D eigenvalue weighted by atomic mass is 16.5. The summed E-state index contributed by atoms with van der Waals surface area (Å²) in [6, 6.07) is 5.48. The molecule has 0 heterocycles. The summed E-state index contributed by atoms with van der Waals surface area (Å²) in [7, 11) is 1.58. The average molecular weight is 349 g/mol. The van der Waals surface area contributed by atoms with E-state index in [0.29, 0.717) is 30.5 Å². The number of esters is 1. The molecule has 0 aliphatic carbocycles. The number of hydrogen-bond acceptors (Lipinski definition) is 4. The second kappa shape index (κ2) is 8.88. The average Bonchev–Trinajstić information content (AvgIpc) is 2.51. The van der Waals surface area contributed by atoms with Gasteiger partial charge in [-0.2, -0.15) is 0 Å². The van der Waals surface area contributed by atoms with Crippen LogP contribution < -0.4 is 9.64 Å². The standard InChI is InChI=1S/C20H31NO4/c1-8-25-18(22)12-15-9-10-17(24-7)16(11-15)21(13-14(2)3)19(23)20(4,5)6/h9-11,14H,8,12-13H2,1-7H3. The SMILES string of the molecule is CCOC(=O)Cc1ccc(OC)c(N(CC(C)C)C(=O)C(C)(C)C)c1. The van der Waals surface area contributed by atoms with Crippen molar-refractivity contribution in [2.24, 2.45) is 11.3 Å². The Balaban J connectivity index is 3.30. The van der Waals surface area contributed by atoms with E-state index in [-0.39, 0.29) is 18.3 Å². The van der Waals surface area contributed by atoms with Crippen LogP contribution in [-0.2, 0) is 20.7 Å². The summed E-state index contributed by atoms with van der Waals surface area (Å²) >= 11 is 0. The highest BCUT2D eigenvalue weighted by molar-refractivity contribution is 5.98. The van der Waals surface area contributed by atoms with Gasteiger partial charge in [0.25, 0.3) is 0 Å². The predicted octanol–water partition coefficient (Wildman–Crippen LogP) is 3.84. The third-order valence-electron chi connectivity index (χ3n) is 3.62. The van der Waals surface area contributed by atoms with Gasteiger partial charge in [-0.15, -0.1) is 0 Å². The number of anilines is 1. The van der Waals surface area contributed by atoms with Crippen LogP contribution in [0.25, 0.3) is 0 Å². The van der Waals surface area contributed by atoms with Crippen LogP contribution in [-0.4, -0.2) is 32.1 Å². The molecule has 1 aromatic rings. The molecule has 5 nitrogen and oxygen atoms in total. The minimum absolute atomic E-state index is 0.0211. The first-order valence-corrected chi connectivity index (χ1v) is 8.74. The number of benzene rings is 1. The summed E-state index contributed by atoms with van der Waals surface area (Å²) in [6.45, 7) is 12.5. The van der Waals surface area contributed by atoms with Gasteiger partial charge in [0.15, 0.2) is 0 Å². The van der Waals surface area contributed by atoms with Gasteiger partial charge in [0.2, 0.25) is 5.91 Å². The quantitative estimate of drug-likeness (QED) is 0.702. The Morgan fingerprint density at radius 3 is 2.32 bits per heavy atom. The van der Waals surface area contributed by atoms with Crippen molar-refractivity contribution >= 4 is 17.6 Å². The van der Waals surface area contributed by atoms with Gasteiger partial charge in [0, 0.05) is 12.0 Å². The predicted molar refractivity (Wildman–Crippen MR) is 100.0 cm³/mol. The van der Waals surface area contributed by atoms with Crippen LogP contribution in [0, 0.1) is 11.3 Å². The highest BCUT2D eigenvalue weighted by Gasteiger charge is 2.30. The topological polar surface area (TPSA) is 55.8 Å². The molecule has 0 saturated heterocycles. The zero-order chi connectivity index (χ0) is 19.2. The molecule has 5 heteroatoms. The number of carbonyl (C=O) groups is 2. The van der Waals surface area contributed by atoms with E-state index in [9.17, 15) is 9.59 Å². The fourth-order valence-electron chi connectivity index (χ4n) is 2.50. The van der Waals surface area contributed by atoms with Crippen LogP contribution in [0.4, 0.5) is 5.69 Å². The lowest BCUT2D eigenvalue weighted by Crippen LogP contribution is -2.42. The van der Waals surface area contributed by atoms with Crippen molar-refractivity contribution in [2.45, 2.75) is 48.0 Å². The Kier molecular flexibility index (Phi) is 7.46. The summed E-state index contributed by atoms with van der Waals surface area (Å²) in [5, 5.41) is 0. The van der Waals surface area contributed by atoms with Gasteiger partial charge < -0.3 is 14.4 Å². The van der Waals surface area contributed by atoms with Gasteiger partial charge in [0.05, 0.1) is 25.8 Å². The van der Waals surface area contributed by atoms with Crippen molar-refractivity contribution in [3.05, 3.63) is 23.8 Å². The Morgan fingerprint density at radius 2 is 1.84 bits per heavy atom. The molecule has 140 valence electrons. The van der Waals surface area contributed by atoms with Crippen LogP contribution in [0.3, 0.4) is 0 Å². The molecule has 1 rings (SSSR count). The summed E-state index contributed by atoms with van der Waals surface area (Å²) in [5.74, 6) is 0.652. The number of carbonyl (C=O) groups excluding carboxylic acids is 2. The normalized spacial score (nSPS) is 11.4. The largest absolute Gasteiger partial charge is 0.495 e. The second-order valence-corrected chi connectivity index (χ2v) is 7.55. The van der Waals surface area contributed by atoms with Crippen LogP contribution in [0.15, 0.2) is 18.2 Å². The fraction of sp³-hybridized carbons (Fsp3) is 0.600. The maximum atomic E-state index is 13.0. The number of methoxy groups -OCH3 is 1. The third kappa shape index (κ3) is 6.07. The first kappa shape index (κ1) is 21.0. The first-order valence-electron chi connectivity index (χ1n) is 8.74. The van der Waals surface area contributed by atoms with E-state index >= 15 is 0 Å². The molecule has 1 amide bonds. The van der Waals surface area contributed by atoms with Gasteiger partial charge in [-0.1, -0.05) is 40.7 Å². The molecule has 0 unspecified atom stereocenters. The van der Waals surface area contributed by atoms with E-state index in [1.165, 1.54) is 0 Å². The number of nitrogens with zero attached hydrogens (tertiary/aromatic N) is 1. The molecule has 0 N–H and O–H groups in total. The van der Waals surface area contributed by atoms with Crippen LogP contribution in [0.2, 0.25) is 0 Å². The number of ether oxygens (including phenoxy) is 2. The molecule has 1 aromatic carbocycles. The minimum atomic E-state index is -0.517. The van der Waals surface area contributed by atoms with Gasteiger partial charge >= 0.3 is 5.97 Å². The Bertz CT molecular complexity index is 602. The zero-order valence-electron chi connectivity index (χ0n) is 16.5. The fourth-order valence-corrected chi connectivity index (χ4v) is 2.50. The molecule has 0 aliphatic heterocycles. The molecule has 0 aliphatic rings. The molecular formula is C20H31NO4. The third-order valence-corrected chi connectivity index (χ3v) is 3.62. The molecule has 0 radical (unpaired) electrons. The summed E-state index contributed by atoms with van der Waals surface area (Å²) in [4.78, 5) is 26.5. The monoisotopic (exact) mass is 349 g/mol. The smallest absolute Gasteiger partial charge is 0.310 e. The molecular weight excluding hydrogens is 318 g/mol. The van der Waals surface area contributed by atoms with E-state index < -0.39 is 5.41 Å². The van der Waals surface area contributed by atoms with Crippen molar-refractivity contribution in [1.82, 2.24) is 0 Å². The number of amides is 1. The molecule has 0 spiro atoms. The first-order chi connectivity index (χ1) is 11.6. The van der Waals surface area contributed by atoms with Gasteiger partial charge in [-0.25, -0.2) is 0 Å². The Hall–Kier alpha value is -2.04. The second-order valence-electron chi connectivity index (χ2n) is 7.55.